The van der Waals surface area contributed by atoms with Gasteiger partial charge in [0.05, 0.1) is 17.3 Å². The second-order valence-electron chi connectivity index (χ2n) is 9.71. The van der Waals surface area contributed by atoms with Crippen LogP contribution in [0.4, 0.5) is 0 Å². The zero-order chi connectivity index (χ0) is 21.8. The van der Waals surface area contributed by atoms with E-state index in [-0.39, 0.29) is 17.8 Å². The third-order valence-corrected chi connectivity index (χ3v) is 8.67. The lowest BCUT2D eigenvalue weighted by atomic mass is 10.0. The van der Waals surface area contributed by atoms with Gasteiger partial charge in [-0.3, -0.25) is 9.36 Å². The first-order valence-electron chi connectivity index (χ1n) is 11.7. The topological polar surface area (TPSA) is 67.6 Å². The third-order valence-electron chi connectivity index (χ3n) is 7.54. The quantitative estimate of drug-likeness (QED) is 0.618. The van der Waals surface area contributed by atoms with Crippen molar-refractivity contribution in [3.8, 4) is 11.4 Å². The average molecular weight is 452 g/mol. The molecule has 4 atom stereocenters. The molecule has 1 aromatic carbocycles. The maximum atomic E-state index is 13.1. The van der Waals surface area contributed by atoms with Gasteiger partial charge < -0.3 is 14.7 Å². The Morgan fingerprint density at radius 1 is 1.16 bits per heavy atom. The molecule has 0 spiro atoms. The highest BCUT2D eigenvalue weighted by molar-refractivity contribution is 7.18. The number of hydrogen-bond donors (Lipinski definition) is 1. The van der Waals surface area contributed by atoms with E-state index in [1.54, 1.807) is 10.9 Å². The number of ether oxygens (including phenoxy) is 1. The van der Waals surface area contributed by atoms with Crippen molar-refractivity contribution < 1.29 is 9.84 Å². The lowest BCUT2D eigenvalue weighted by Gasteiger charge is -2.36. The summed E-state index contributed by atoms with van der Waals surface area (Å²) in [5.74, 6) is 1.28. The molecule has 2 saturated heterocycles. The number of aliphatic hydroxyl groups excluding tert-OH is 1. The lowest BCUT2D eigenvalue weighted by molar-refractivity contribution is 0.0662. The molecular formula is C25H29N3O3S. The molecule has 1 N–H and O–H groups in total. The summed E-state index contributed by atoms with van der Waals surface area (Å²) in [6, 6.07) is 11.0. The first-order chi connectivity index (χ1) is 15.5. The number of nitrogens with zero attached hydrogens (tertiary/aromatic N) is 3. The molecule has 2 aromatic heterocycles. The second kappa shape index (κ2) is 7.97. The van der Waals surface area contributed by atoms with Crippen LogP contribution in [0.25, 0.3) is 15.9 Å². The van der Waals surface area contributed by atoms with Crippen molar-refractivity contribution in [2.75, 3.05) is 7.05 Å². The van der Waals surface area contributed by atoms with E-state index in [1.165, 1.54) is 24.2 Å². The number of thiophene rings is 1. The smallest absolute Gasteiger partial charge is 0.275 e. The van der Waals surface area contributed by atoms with E-state index < -0.39 is 0 Å². The van der Waals surface area contributed by atoms with Gasteiger partial charge in [0.1, 0.15) is 22.9 Å². The van der Waals surface area contributed by atoms with Gasteiger partial charge in [0.25, 0.3) is 5.56 Å². The number of piperidine rings is 1. The van der Waals surface area contributed by atoms with Gasteiger partial charge in [-0.25, -0.2) is 4.98 Å². The van der Waals surface area contributed by atoms with Crippen molar-refractivity contribution in [1.82, 2.24) is 14.5 Å². The number of aliphatic hydroxyl groups is 1. The fourth-order valence-electron chi connectivity index (χ4n) is 5.44. The fraction of sp³-hybridized carbons (Fsp3) is 0.520. The van der Waals surface area contributed by atoms with Crippen LogP contribution in [0.3, 0.4) is 0 Å². The second-order valence-corrected chi connectivity index (χ2v) is 10.8. The van der Waals surface area contributed by atoms with Crippen molar-refractivity contribution in [3.05, 3.63) is 51.9 Å². The largest absolute Gasteiger partial charge is 0.490 e. The predicted molar refractivity (Wildman–Crippen MR) is 126 cm³/mol. The van der Waals surface area contributed by atoms with Gasteiger partial charge in [0.15, 0.2) is 0 Å². The minimum Gasteiger partial charge on any atom is -0.490 e. The highest BCUT2D eigenvalue weighted by Crippen LogP contribution is 2.36. The van der Waals surface area contributed by atoms with Crippen LogP contribution in [-0.4, -0.2) is 50.9 Å². The normalized spacial score (nSPS) is 26.5. The number of fused-ring (bicyclic) bond motifs is 3. The summed E-state index contributed by atoms with van der Waals surface area (Å²) in [5, 5.41) is 10.2. The Balaban J connectivity index is 1.19. The fourth-order valence-corrected chi connectivity index (χ4v) is 6.52. The van der Waals surface area contributed by atoms with Gasteiger partial charge >= 0.3 is 0 Å². The van der Waals surface area contributed by atoms with Crippen LogP contribution in [0.5, 0.6) is 5.75 Å². The number of benzene rings is 1. The highest BCUT2D eigenvalue weighted by Gasteiger charge is 2.39. The summed E-state index contributed by atoms with van der Waals surface area (Å²) >= 11 is 1.45. The summed E-state index contributed by atoms with van der Waals surface area (Å²) in [7, 11) is 2.24. The zero-order valence-electron chi connectivity index (χ0n) is 18.3. The Labute approximate surface area is 191 Å². The summed E-state index contributed by atoms with van der Waals surface area (Å²) in [6.45, 7) is 0. The first kappa shape index (κ1) is 20.4. The van der Waals surface area contributed by atoms with Gasteiger partial charge in [-0.05, 0) is 81.8 Å². The van der Waals surface area contributed by atoms with E-state index >= 15 is 0 Å². The van der Waals surface area contributed by atoms with E-state index in [0.717, 1.165) is 42.0 Å². The van der Waals surface area contributed by atoms with E-state index in [9.17, 15) is 9.90 Å². The third kappa shape index (κ3) is 3.76. The zero-order valence-corrected chi connectivity index (χ0v) is 19.1. The molecule has 3 aromatic rings. The van der Waals surface area contributed by atoms with Gasteiger partial charge in [0, 0.05) is 23.4 Å². The van der Waals surface area contributed by atoms with Crippen LogP contribution in [0, 0.1) is 5.92 Å². The summed E-state index contributed by atoms with van der Waals surface area (Å²) in [5.41, 5.74) is 1.44. The maximum absolute atomic E-state index is 13.1. The Bertz CT molecular complexity index is 1170. The molecule has 7 heteroatoms. The monoisotopic (exact) mass is 451 g/mol. The first-order valence-corrected chi connectivity index (χ1v) is 12.5. The Morgan fingerprint density at radius 3 is 2.56 bits per heavy atom. The van der Waals surface area contributed by atoms with Crippen molar-refractivity contribution in [2.45, 2.75) is 69.2 Å². The Hall–Kier alpha value is -2.22. The van der Waals surface area contributed by atoms with Gasteiger partial charge in [-0.1, -0.05) is 0 Å². The van der Waals surface area contributed by atoms with Crippen molar-refractivity contribution in [1.29, 1.82) is 0 Å². The molecule has 32 heavy (non-hydrogen) atoms. The molecule has 1 unspecified atom stereocenters. The Kier molecular flexibility index (Phi) is 5.08. The molecule has 168 valence electrons. The molecule has 3 aliphatic rings. The molecule has 0 radical (unpaired) electrons. The lowest BCUT2D eigenvalue weighted by Crippen LogP contribution is -2.43. The molecule has 2 bridgehead atoms. The molecular weight excluding hydrogens is 422 g/mol. The average Bonchev–Trinajstić information content (AvgIpc) is 3.52. The van der Waals surface area contributed by atoms with Crippen LogP contribution in [0.1, 0.15) is 43.4 Å². The van der Waals surface area contributed by atoms with Gasteiger partial charge in [-0.15, -0.1) is 11.3 Å². The Morgan fingerprint density at radius 2 is 1.88 bits per heavy atom. The van der Waals surface area contributed by atoms with E-state index in [2.05, 4.69) is 16.9 Å². The summed E-state index contributed by atoms with van der Waals surface area (Å²) < 4.78 is 8.53. The molecule has 1 aliphatic carbocycles. The molecule has 1 saturated carbocycles. The number of aromatic nitrogens is 2. The molecule has 3 fully saturated rings. The molecule has 6 rings (SSSR count). The SMILES string of the molecule is CN1[C@@H]2CC[C@H]1C[C@@H](Oc1ccc(-n3cnc4cc(CC(O)C5CC5)sc4c3=O)cc1)C2. The van der Waals surface area contributed by atoms with Crippen LogP contribution < -0.4 is 10.3 Å². The summed E-state index contributed by atoms with van der Waals surface area (Å²) in [4.78, 5) is 21.2. The number of hydrogen-bond acceptors (Lipinski definition) is 6. The van der Waals surface area contributed by atoms with Crippen molar-refractivity contribution in [3.63, 3.8) is 0 Å². The van der Waals surface area contributed by atoms with E-state index in [1.807, 2.05) is 30.3 Å². The number of rotatable bonds is 6. The summed E-state index contributed by atoms with van der Waals surface area (Å²) in [6.07, 6.45) is 9.12. The van der Waals surface area contributed by atoms with Gasteiger partial charge in [-0.2, -0.15) is 0 Å². The molecule has 4 heterocycles. The maximum Gasteiger partial charge on any atom is 0.275 e. The standard InChI is InChI=1S/C25H29N3O3S/c1-27-17-4-5-18(27)11-20(10-17)31-19-8-6-16(7-9-19)28-14-26-22-12-21(32-24(22)25(28)30)13-23(29)15-2-3-15/h6-9,12,14-15,17-18,20,23,29H,2-5,10-11,13H2,1H3/t17-,18+,20+,23?. The van der Waals surface area contributed by atoms with Crippen LogP contribution in [0.2, 0.25) is 0 Å². The predicted octanol–water partition coefficient (Wildman–Crippen LogP) is 3.76. The van der Waals surface area contributed by atoms with Crippen LogP contribution in [0.15, 0.2) is 41.5 Å². The van der Waals surface area contributed by atoms with Crippen LogP contribution >= 0.6 is 11.3 Å². The van der Waals surface area contributed by atoms with Crippen molar-refractivity contribution in [2.24, 2.45) is 5.92 Å². The molecule has 0 amide bonds. The minimum absolute atomic E-state index is 0.0623. The van der Waals surface area contributed by atoms with Crippen LogP contribution in [-0.2, 0) is 6.42 Å². The van der Waals surface area contributed by atoms with Gasteiger partial charge in [0.2, 0.25) is 0 Å². The molecule has 2 aliphatic heterocycles. The van der Waals surface area contributed by atoms with Crippen molar-refractivity contribution >= 4 is 21.6 Å². The molecule has 6 nitrogen and oxygen atoms in total. The van der Waals surface area contributed by atoms with E-state index in [0.29, 0.717) is 34.6 Å². The van der Waals surface area contributed by atoms with E-state index in [4.69, 9.17) is 4.74 Å². The minimum atomic E-state index is -0.308. The highest BCUT2D eigenvalue weighted by atomic mass is 32.1.